The number of aliphatic carboxylic acids is 1. The molecule has 2 N–H and O–H groups in total. The van der Waals surface area contributed by atoms with E-state index in [1.807, 2.05) is 0 Å². The summed E-state index contributed by atoms with van der Waals surface area (Å²) >= 11 is 0. The highest BCUT2D eigenvalue weighted by atomic mass is 16.5. The van der Waals surface area contributed by atoms with Gasteiger partial charge in [0.15, 0.2) is 0 Å². The molecular weight excluding hydrogens is 234 g/mol. The first-order chi connectivity index (χ1) is 8.43. The van der Waals surface area contributed by atoms with Crippen LogP contribution in [0.3, 0.4) is 0 Å². The standard InChI is InChI=1S/C13H23NO4/c1-10(2)3-4-11(15)14-13(9-12(16)17)5-7-18-8-6-13/h10H,3-9H2,1-2H3,(H,14,15)(H,16,17). The summed E-state index contributed by atoms with van der Waals surface area (Å²) in [6.07, 6.45) is 2.41. The number of nitrogens with one attached hydrogen (secondary N) is 1. The van der Waals surface area contributed by atoms with Crippen molar-refractivity contribution in [2.75, 3.05) is 13.2 Å². The molecule has 0 spiro atoms. The molecular formula is C13H23NO4. The molecule has 0 atom stereocenters. The molecule has 5 heteroatoms. The minimum Gasteiger partial charge on any atom is -0.481 e. The van der Waals surface area contributed by atoms with Crippen molar-refractivity contribution in [1.29, 1.82) is 0 Å². The van der Waals surface area contributed by atoms with Gasteiger partial charge in [0.25, 0.3) is 0 Å². The Morgan fingerprint density at radius 3 is 2.44 bits per heavy atom. The Balaban J connectivity index is 2.55. The van der Waals surface area contributed by atoms with Gasteiger partial charge in [-0.15, -0.1) is 0 Å². The fraction of sp³-hybridized carbons (Fsp3) is 0.846. The predicted molar refractivity (Wildman–Crippen MR) is 67.3 cm³/mol. The van der Waals surface area contributed by atoms with E-state index in [1.165, 1.54) is 0 Å². The molecule has 1 rings (SSSR count). The van der Waals surface area contributed by atoms with Gasteiger partial charge in [-0.3, -0.25) is 9.59 Å². The molecule has 1 aliphatic rings. The molecule has 1 saturated heterocycles. The largest absolute Gasteiger partial charge is 0.481 e. The van der Waals surface area contributed by atoms with Crippen LogP contribution < -0.4 is 5.32 Å². The monoisotopic (exact) mass is 257 g/mol. The number of carboxylic acids is 1. The van der Waals surface area contributed by atoms with Gasteiger partial charge in [0.2, 0.25) is 5.91 Å². The van der Waals surface area contributed by atoms with Gasteiger partial charge >= 0.3 is 5.97 Å². The van der Waals surface area contributed by atoms with E-state index in [4.69, 9.17) is 9.84 Å². The normalized spacial score (nSPS) is 18.6. The highest BCUT2D eigenvalue weighted by molar-refractivity contribution is 5.78. The summed E-state index contributed by atoms with van der Waals surface area (Å²) in [5, 5.41) is 11.9. The SMILES string of the molecule is CC(C)CCC(=O)NC1(CC(=O)O)CCOCC1. The molecule has 0 aromatic rings. The van der Waals surface area contributed by atoms with Gasteiger partial charge in [-0.1, -0.05) is 13.8 Å². The minimum atomic E-state index is -0.874. The van der Waals surface area contributed by atoms with Gasteiger partial charge in [0.1, 0.15) is 0 Å². The lowest BCUT2D eigenvalue weighted by Gasteiger charge is -2.37. The zero-order valence-corrected chi connectivity index (χ0v) is 11.2. The Kier molecular flexibility index (Phi) is 5.59. The van der Waals surface area contributed by atoms with Crippen LogP contribution in [0.4, 0.5) is 0 Å². The lowest BCUT2D eigenvalue weighted by Crippen LogP contribution is -2.53. The van der Waals surface area contributed by atoms with Crippen LogP contribution in [-0.2, 0) is 14.3 Å². The Labute approximate surface area is 108 Å². The molecule has 1 amide bonds. The number of hydrogen-bond donors (Lipinski definition) is 2. The van der Waals surface area contributed by atoms with E-state index in [9.17, 15) is 9.59 Å². The fourth-order valence-electron chi connectivity index (χ4n) is 2.18. The van der Waals surface area contributed by atoms with Gasteiger partial charge in [0, 0.05) is 19.6 Å². The second-order valence-electron chi connectivity index (χ2n) is 5.44. The number of carboxylic acid groups (broad SMARTS) is 1. The molecule has 18 heavy (non-hydrogen) atoms. The van der Waals surface area contributed by atoms with Crippen LogP contribution in [0.1, 0.15) is 46.0 Å². The van der Waals surface area contributed by atoms with Gasteiger partial charge in [-0.25, -0.2) is 0 Å². The summed E-state index contributed by atoms with van der Waals surface area (Å²) in [5.74, 6) is -0.450. The van der Waals surface area contributed by atoms with Gasteiger partial charge in [-0.05, 0) is 25.2 Å². The smallest absolute Gasteiger partial charge is 0.305 e. The first-order valence-electron chi connectivity index (χ1n) is 6.54. The van der Waals surface area contributed by atoms with E-state index in [0.29, 0.717) is 38.4 Å². The molecule has 104 valence electrons. The molecule has 0 bridgehead atoms. The topological polar surface area (TPSA) is 75.6 Å². The fourth-order valence-corrected chi connectivity index (χ4v) is 2.18. The minimum absolute atomic E-state index is 0.0240. The number of carbonyl (C=O) groups excluding carboxylic acids is 1. The third kappa shape index (κ3) is 5.04. The van der Waals surface area contributed by atoms with Crippen molar-refractivity contribution in [3.8, 4) is 0 Å². The summed E-state index contributed by atoms with van der Waals surface area (Å²) < 4.78 is 5.24. The van der Waals surface area contributed by atoms with E-state index in [2.05, 4.69) is 19.2 Å². The van der Waals surface area contributed by atoms with Crippen LogP contribution in [0.25, 0.3) is 0 Å². The van der Waals surface area contributed by atoms with Crippen LogP contribution in [0.15, 0.2) is 0 Å². The quantitative estimate of drug-likeness (QED) is 0.757. The molecule has 0 saturated carbocycles. The maximum Gasteiger partial charge on any atom is 0.305 e. The van der Waals surface area contributed by atoms with Crippen molar-refractivity contribution in [2.24, 2.45) is 5.92 Å². The van der Waals surface area contributed by atoms with E-state index in [-0.39, 0.29) is 12.3 Å². The van der Waals surface area contributed by atoms with Crippen LogP contribution in [0.2, 0.25) is 0 Å². The van der Waals surface area contributed by atoms with Crippen molar-refractivity contribution >= 4 is 11.9 Å². The highest BCUT2D eigenvalue weighted by Crippen LogP contribution is 2.25. The summed E-state index contributed by atoms with van der Waals surface area (Å²) in [7, 11) is 0. The third-order valence-electron chi connectivity index (χ3n) is 3.29. The van der Waals surface area contributed by atoms with Crippen molar-refractivity contribution in [2.45, 2.75) is 51.5 Å². The van der Waals surface area contributed by atoms with Crippen LogP contribution in [0, 0.1) is 5.92 Å². The highest BCUT2D eigenvalue weighted by Gasteiger charge is 2.36. The van der Waals surface area contributed by atoms with Crippen LogP contribution >= 0.6 is 0 Å². The lowest BCUT2D eigenvalue weighted by molar-refractivity contribution is -0.140. The average molecular weight is 257 g/mol. The zero-order valence-electron chi connectivity index (χ0n) is 11.2. The summed E-state index contributed by atoms with van der Waals surface area (Å²) in [6, 6.07) is 0. The molecule has 0 aromatic carbocycles. The number of rotatable bonds is 6. The zero-order chi connectivity index (χ0) is 13.6. The van der Waals surface area contributed by atoms with E-state index in [1.54, 1.807) is 0 Å². The Morgan fingerprint density at radius 2 is 1.94 bits per heavy atom. The van der Waals surface area contributed by atoms with Crippen molar-refractivity contribution in [3.63, 3.8) is 0 Å². The van der Waals surface area contributed by atoms with Gasteiger partial charge in [-0.2, -0.15) is 0 Å². The molecule has 0 aromatic heterocycles. The predicted octanol–water partition coefficient (Wildman–Crippen LogP) is 1.56. The number of ether oxygens (including phenoxy) is 1. The van der Waals surface area contributed by atoms with Crippen molar-refractivity contribution in [3.05, 3.63) is 0 Å². The Morgan fingerprint density at radius 1 is 1.33 bits per heavy atom. The molecule has 0 radical (unpaired) electrons. The summed E-state index contributed by atoms with van der Waals surface area (Å²) in [6.45, 7) is 5.15. The molecule has 0 aliphatic carbocycles. The Bertz CT molecular complexity index is 295. The number of hydrogen-bond acceptors (Lipinski definition) is 3. The second-order valence-corrected chi connectivity index (χ2v) is 5.44. The summed E-state index contributed by atoms with van der Waals surface area (Å²) in [5.41, 5.74) is -0.613. The van der Waals surface area contributed by atoms with Crippen LogP contribution in [0.5, 0.6) is 0 Å². The number of carbonyl (C=O) groups is 2. The second kappa shape index (κ2) is 6.73. The maximum atomic E-state index is 11.9. The van der Waals surface area contributed by atoms with Crippen LogP contribution in [-0.4, -0.2) is 35.7 Å². The van der Waals surface area contributed by atoms with E-state index < -0.39 is 11.5 Å². The van der Waals surface area contributed by atoms with Crippen molar-refractivity contribution < 1.29 is 19.4 Å². The lowest BCUT2D eigenvalue weighted by atomic mass is 9.86. The van der Waals surface area contributed by atoms with E-state index >= 15 is 0 Å². The average Bonchev–Trinajstić information content (AvgIpc) is 2.26. The molecule has 1 aliphatic heterocycles. The Hall–Kier alpha value is -1.10. The first kappa shape index (κ1) is 15.0. The van der Waals surface area contributed by atoms with Crippen molar-refractivity contribution in [1.82, 2.24) is 5.32 Å². The molecule has 1 heterocycles. The maximum absolute atomic E-state index is 11.9. The van der Waals surface area contributed by atoms with Gasteiger partial charge < -0.3 is 15.2 Å². The molecule has 1 fully saturated rings. The molecule has 5 nitrogen and oxygen atoms in total. The number of amides is 1. The summed E-state index contributed by atoms with van der Waals surface area (Å²) in [4.78, 5) is 22.8. The molecule has 0 unspecified atom stereocenters. The third-order valence-corrected chi connectivity index (χ3v) is 3.29. The van der Waals surface area contributed by atoms with E-state index in [0.717, 1.165) is 6.42 Å². The first-order valence-corrected chi connectivity index (χ1v) is 6.54. The van der Waals surface area contributed by atoms with Gasteiger partial charge in [0.05, 0.1) is 12.0 Å².